The van der Waals surface area contributed by atoms with E-state index in [4.69, 9.17) is 4.74 Å². The molecule has 0 aromatic carbocycles. The lowest BCUT2D eigenvalue weighted by molar-refractivity contribution is -0.117. The molecule has 0 bridgehead atoms. The second-order valence-corrected chi connectivity index (χ2v) is 7.32. The third-order valence-corrected chi connectivity index (χ3v) is 5.40. The molecule has 2 aliphatic rings. The van der Waals surface area contributed by atoms with E-state index in [0.29, 0.717) is 11.7 Å². The Bertz CT molecular complexity index is 727. The van der Waals surface area contributed by atoms with Gasteiger partial charge in [-0.2, -0.15) is 0 Å². The number of carbonyl (C=O) groups excluding carboxylic acids is 1. The van der Waals surface area contributed by atoms with Gasteiger partial charge >= 0.3 is 0 Å². The van der Waals surface area contributed by atoms with Gasteiger partial charge < -0.3 is 9.64 Å². The monoisotopic (exact) mass is 375 g/mol. The summed E-state index contributed by atoms with van der Waals surface area (Å²) in [5, 5.41) is 12.4. The lowest BCUT2D eigenvalue weighted by Gasteiger charge is -2.34. The average Bonchev–Trinajstić information content (AvgIpc) is 3.35. The molecule has 26 heavy (non-hydrogen) atoms. The predicted octanol–water partition coefficient (Wildman–Crippen LogP) is 0.940. The molecular formula is C16H21N7O2S. The van der Waals surface area contributed by atoms with Crippen LogP contribution >= 0.6 is 11.3 Å². The lowest BCUT2D eigenvalue weighted by atomic mass is 10.2. The number of hydrogen-bond donors (Lipinski definition) is 1. The Kier molecular flexibility index (Phi) is 5.32. The Balaban J connectivity index is 1.24. The van der Waals surface area contributed by atoms with Gasteiger partial charge in [0, 0.05) is 45.2 Å². The summed E-state index contributed by atoms with van der Waals surface area (Å²) in [7, 11) is 0. The number of ether oxygens (including phenoxy) is 1. The first-order valence-electron chi connectivity index (χ1n) is 8.77. The van der Waals surface area contributed by atoms with Gasteiger partial charge in [0.15, 0.2) is 0 Å². The molecule has 2 aromatic rings. The summed E-state index contributed by atoms with van der Waals surface area (Å²) in [6.45, 7) is 4.31. The SMILES string of the molecule is O=C(CN1CCN(c2ncccn2)CC1)Nc1nnc([C@@H]2CCCO2)s1. The van der Waals surface area contributed by atoms with Crippen molar-refractivity contribution in [1.82, 2.24) is 25.1 Å². The van der Waals surface area contributed by atoms with Crippen molar-refractivity contribution in [2.45, 2.75) is 18.9 Å². The van der Waals surface area contributed by atoms with Gasteiger partial charge in [-0.25, -0.2) is 9.97 Å². The van der Waals surface area contributed by atoms with E-state index in [9.17, 15) is 4.79 Å². The van der Waals surface area contributed by atoms with Crippen LogP contribution in [0, 0.1) is 0 Å². The van der Waals surface area contributed by atoms with Crippen molar-refractivity contribution >= 4 is 28.3 Å². The van der Waals surface area contributed by atoms with Crippen LogP contribution in [0.4, 0.5) is 11.1 Å². The van der Waals surface area contributed by atoms with E-state index in [2.05, 4.69) is 35.3 Å². The smallest absolute Gasteiger partial charge is 0.240 e. The molecule has 0 radical (unpaired) electrons. The highest BCUT2D eigenvalue weighted by Crippen LogP contribution is 2.31. The number of rotatable bonds is 5. The van der Waals surface area contributed by atoms with Gasteiger partial charge in [-0.05, 0) is 18.9 Å². The maximum absolute atomic E-state index is 12.3. The molecular weight excluding hydrogens is 354 g/mol. The van der Waals surface area contributed by atoms with Crippen LogP contribution in [0.5, 0.6) is 0 Å². The highest BCUT2D eigenvalue weighted by Gasteiger charge is 2.23. The van der Waals surface area contributed by atoms with E-state index >= 15 is 0 Å². The first-order chi connectivity index (χ1) is 12.8. The fraction of sp³-hybridized carbons (Fsp3) is 0.562. The summed E-state index contributed by atoms with van der Waals surface area (Å²) < 4.78 is 5.60. The van der Waals surface area contributed by atoms with Gasteiger partial charge in [-0.15, -0.1) is 10.2 Å². The van der Waals surface area contributed by atoms with E-state index in [-0.39, 0.29) is 12.0 Å². The van der Waals surface area contributed by atoms with Crippen LogP contribution in [-0.2, 0) is 9.53 Å². The van der Waals surface area contributed by atoms with E-state index in [0.717, 1.165) is 56.6 Å². The standard InChI is InChI=1S/C16H21N7O2S/c24-13(19-16-21-20-14(26-16)12-3-1-10-25-12)11-22-6-8-23(9-7-22)15-17-4-2-5-18-15/h2,4-5,12H,1,3,6-11H2,(H,19,21,24)/t12-/m0/s1. The molecule has 1 amide bonds. The summed E-state index contributed by atoms with van der Waals surface area (Å²) in [6.07, 6.45) is 5.54. The fourth-order valence-corrected chi connectivity index (χ4v) is 3.95. The van der Waals surface area contributed by atoms with E-state index in [1.54, 1.807) is 12.4 Å². The Hall–Kier alpha value is -2.17. The molecule has 2 aromatic heterocycles. The minimum Gasteiger partial charge on any atom is -0.371 e. The quantitative estimate of drug-likeness (QED) is 0.825. The molecule has 0 spiro atoms. The van der Waals surface area contributed by atoms with Gasteiger partial charge in [0.1, 0.15) is 11.1 Å². The third-order valence-electron chi connectivity index (χ3n) is 4.47. The normalized spacial score (nSPS) is 21.1. The highest BCUT2D eigenvalue weighted by atomic mass is 32.1. The second kappa shape index (κ2) is 8.02. The number of piperazine rings is 1. The Morgan fingerprint density at radius 3 is 2.77 bits per heavy atom. The van der Waals surface area contributed by atoms with Gasteiger partial charge in [-0.1, -0.05) is 11.3 Å². The largest absolute Gasteiger partial charge is 0.371 e. The molecule has 0 aliphatic carbocycles. The van der Waals surface area contributed by atoms with Crippen LogP contribution in [-0.4, -0.2) is 70.3 Å². The number of nitrogens with zero attached hydrogens (tertiary/aromatic N) is 6. The van der Waals surface area contributed by atoms with Crippen LogP contribution in [0.3, 0.4) is 0 Å². The minimum absolute atomic E-state index is 0.0337. The van der Waals surface area contributed by atoms with E-state index < -0.39 is 0 Å². The van der Waals surface area contributed by atoms with E-state index in [1.165, 1.54) is 11.3 Å². The summed E-state index contributed by atoms with van der Waals surface area (Å²) in [4.78, 5) is 25.1. The predicted molar refractivity (Wildman–Crippen MR) is 97.2 cm³/mol. The Labute approximate surface area is 155 Å². The van der Waals surface area contributed by atoms with E-state index in [1.807, 2.05) is 6.07 Å². The van der Waals surface area contributed by atoms with Crippen LogP contribution in [0.2, 0.25) is 0 Å². The summed E-state index contributed by atoms with van der Waals surface area (Å²) in [5.74, 6) is 0.677. The lowest BCUT2D eigenvalue weighted by Crippen LogP contribution is -2.49. The Morgan fingerprint density at radius 1 is 1.23 bits per heavy atom. The van der Waals surface area contributed by atoms with Crippen molar-refractivity contribution < 1.29 is 9.53 Å². The van der Waals surface area contributed by atoms with Gasteiger partial charge in [0.2, 0.25) is 17.0 Å². The molecule has 2 fully saturated rings. The second-order valence-electron chi connectivity index (χ2n) is 6.31. The third kappa shape index (κ3) is 4.14. The van der Waals surface area contributed by atoms with Crippen molar-refractivity contribution in [3.8, 4) is 0 Å². The van der Waals surface area contributed by atoms with Gasteiger partial charge in [-0.3, -0.25) is 15.0 Å². The van der Waals surface area contributed by atoms with Crippen LogP contribution < -0.4 is 10.2 Å². The minimum atomic E-state index is -0.0653. The van der Waals surface area contributed by atoms with Crippen LogP contribution in [0.1, 0.15) is 24.0 Å². The van der Waals surface area contributed by atoms with Crippen molar-refractivity contribution in [2.24, 2.45) is 0 Å². The summed E-state index contributed by atoms with van der Waals surface area (Å²) in [6, 6.07) is 1.81. The first-order valence-corrected chi connectivity index (χ1v) is 9.59. The molecule has 2 saturated heterocycles. The van der Waals surface area contributed by atoms with Crippen LogP contribution in [0.25, 0.3) is 0 Å². The van der Waals surface area contributed by atoms with Crippen molar-refractivity contribution in [3.63, 3.8) is 0 Å². The molecule has 0 unspecified atom stereocenters. The number of anilines is 2. The highest BCUT2D eigenvalue weighted by molar-refractivity contribution is 7.15. The van der Waals surface area contributed by atoms with Crippen molar-refractivity contribution in [3.05, 3.63) is 23.5 Å². The zero-order valence-corrected chi connectivity index (χ0v) is 15.2. The van der Waals surface area contributed by atoms with Crippen LogP contribution in [0.15, 0.2) is 18.5 Å². The topological polar surface area (TPSA) is 96.4 Å². The van der Waals surface area contributed by atoms with Crippen molar-refractivity contribution in [2.75, 3.05) is 49.5 Å². The number of nitrogens with one attached hydrogen (secondary N) is 1. The number of aromatic nitrogens is 4. The molecule has 4 rings (SSSR count). The molecule has 1 atom stereocenters. The Morgan fingerprint density at radius 2 is 2.04 bits per heavy atom. The molecule has 4 heterocycles. The average molecular weight is 375 g/mol. The summed E-state index contributed by atoms with van der Waals surface area (Å²) in [5.41, 5.74) is 0. The molecule has 10 heteroatoms. The molecule has 1 N–H and O–H groups in total. The number of amides is 1. The zero-order chi connectivity index (χ0) is 17.8. The summed E-state index contributed by atoms with van der Waals surface area (Å²) >= 11 is 1.40. The van der Waals surface area contributed by atoms with Gasteiger partial charge in [0.05, 0.1) is 6.54 Å². The molecule has 138 valence electrons. The zero-order valence-electron chi connectivity index (χ0n) is 14.4. The maximum atomic E-state index is 12.3. The number of hydrogen-bond acceptors (Lipinski definition) is 9. The molecule has 0 saturated carbocycles. The maximum Gasteiger partial charge on any atom is 0.240 e. The molecule has 9 nitrogen and oxygen atoms in total. The molecule has 2 aliphatic heterocycles. The number of carbonyl (C=O) groups is 1. The van der Waals surface area contributed by atoms with Gasteiger partial charge in [0.25, 0.3) is 0 Å². The van der Waals surface area contributed by atoms with Crippen molar-refractivity contribution in [1.29, 1.82) is 0 Å². The first kappa shape index (κ1) is 17.3. The fourth-order valence-electron chi connectivity index (χ4n) is 3.11.